The van der Waals surface area contributed by atoms with Crippen LogP contribution in [0.15, 0.2) is 0 Å². The molecule has 0 aromatic heterocycles. The molecular formula is C20H36O3. The standard InChI is InChI=1S/C20H36O3/c1-8-16-10-18(13(5)11(3)12(16)4)22-19-14(6)15(7)20(21)23-17(19)9-2/h11-19H,8-10H2,1-7H3. The first-order chi connectivity index (χ1) is 10.8. The summed E-state index contributed by atoms with van der Waals surface area (Å²) in [7, 11) is 0. The Hall–Kier alpha value is -0.570. The third-order valence-electron chi connectivity index (χ3n) is 7.10. The number of cyclic esters (lactones) is 1. The van der Waals surface area contributed by atoms with Crippen LogP contribution in [0.5, 0.6) is 0 Å². The van der Waals surface area contributed by atoms with E-state index in [1.165, 1.54) is 6.42 Å². The molecule has 9 unspecified atom stereocenters. The van der Waals surface area contributed by atoms with Gasteiger partial charge in [0.05, 0.1) is 18.1 Å². The molecule has 0 N–H and O–H groups in total. The van der Waals surface area contributed by atoms with Crippen molar-refractivity contribution in [2.24, 2.45) is 35.5 Å². The van der Waals surface area contributed by atoms with E-state index < -0.39 is 0 Å². The van der Waals surface area contributed by atoms with Crippen molar-refractivity contribution in [3.05, 3.63) is 0 Å². The maximum Gasteiger partial charge on any atom is 0.309 e. The maximum atomic E-state index is 12.0. The maximum absolute atomic E-state index is 12.0. The zero-order valence-corrected chi connectivity index (χ0v) is 16.0. The smallest absolute Gasteiger partial charge is 0.309 e. The van der Waals surface area contributed by atoms with Crippen LogP contribution in [-0.4, -0.2) is 24.3 Å². The number of hydrogen-bond acceptors (Lipinski definition) is 3. The summed E-state index contributed by atoms with van der Waals surface area (Å²) in [5.41, 5.74) is 0. The van der Waals surface area contributed by atoms with E-state index in [2.05, 4.69) is 41.5 Å². The zero-order valence-electron chi connectivity index (χ0n) is 16.0. The van der Waals surface area contributed by atoms with Gasteiger partial charge in [-0.05, 0) is 42.4 Å². The number of esters is 1. The minimum absolute atomic E-state index is 0.0401. The summed E-state index contributed by atoms with van der Waals surface area (Å²) in [4.78, 5) is 12.0. The van der Waals surface area contributed by atoms with E-state index in [1.807, 2.05) is 6.92 Å². The van der Waals surface area contributed by atoms with Gasteiger partial charge in [-0.2, -0.15) is 0 Å². The zero-order chi connectivity index (χ0) is 17.3. The number of ether oxygens (including phenoxy) is 2. The normalized spacial score (nSPS) is 48.1. The van der Waals surface area contributed by atoms with Crippen molar-refractivity contribution in [2.45, 2.75) is 86.0 Å². The molecule has 0 amide bonds. The van der Waals surface area contributed by atoms with Gasteiger partial charge in [-0.25, -0.2) is 0 Å². The fourth-order valence-corrected chi connectivity index (χ4v) is 4.58. The number of rotatable bonds is 4. The average Bonchev–Trinajstić information content (AvgIpc) is 2.55. The van der Waals surface area contributed by atoms with Crippen LogP contribution in [0.25, 0.3) is 0 Å². The monoisotopic (exact) mass is 324 g/mol. The van der Waals surface area contributed by atoms with Gasteiger partial charge in [0, 0.05) is 0 Å². The van der Waals surface area contributed by atoms with E-state index in [4.69, 9.17) is 9.47 Å². The van der Waals surface area contributed by atoms with Crippen LogP contribution in [0.1, 0.15) is 67.7 Å². The minimum Gasteiger partial charge on any atom is -0.459 e. The molecule has 0 radical (unpaired) electrons. The highest BCUT2D eigenvalue weighted by molar-refractivity contribution is 5.73. The van der Waals surface area contributed by atoms with Crippen LogP contribution >= 0.6 is 0 Å². The molecule has 1 saturated carbocycles. The van der Waals surface area contributed by atoms with Crippen molar-refractivity contribution >= 4 is 5.97 Å². The number of hydrogen-bond donors (Lipinski definition) is 0. The fraction of sp³-hybridized carbons (Fsp3) is 0.950. The van der Waals surface area contributed by atoms with Crippen LogP contribution < -0.4 is 0 Å². The quantitative estimate of drug-likeness (QED) is 0.704. The molecule has 0 aromatic carbocycles. The van der Waals surface area contributed by atoms with Gasteiger partial charge in [-0.3, -0.25) is 4.79 Å². The summed E-state index contributed by atoms with van der Waals surface area (Å²) in [6.45, 7) is 15.6. The van der Waals surface area contributed by atoms with Gasteiger partial charge in [0.25, 0.3) is 0 Å². The molecule has 0 spiro atoms. The predicted octanol–water partition coefficient (Wildman–Crippen LogP) is 4.69. The van der Waals surface area contributed by atoms with Crippen molar-refractivity contribution in [1.82, 2.24) is 0 Å². The third kappa shape index (κ3) is 3.60. The Labute approximate surface area is 142 Å². The van der Waals surface area contributed by atoms with Gasteiger partial charge in [0.15, 0.2) is 0 Å². The van der Waals surface area contributed by atoms with Crippen LogP contribution in [-0.2, 0) is 14.3 Å². The number of carbonyl (C=O) groups excluding carboxylic acids is 1. The summed E-state index contributed by atoms with van der Waals surface area (Å²) in [6.07, 6.45) is 3.44. The van der Waals surface area contributed by atoms with Crippen molar-refractivity contribution < 1.29 is 14.3 Å². The molecule has 0 bridgehead atoms. The third-order valence-corrected chi connectivity index (χ3v) is 7.10. The molecule has 2 rings (SSSR count). The molecule has 9 atom stereocenters. The minimum atomic E-state index is -0.0874. The van der Waals surface area contributed by atoms with Crippen molar-refractivity contribution in [1.29, 1.82) is 0 Å². The van der Waals surface area contributed by atoms with Gasteiger partial charge < -0.3 is 9.47 Å². The largest absolute Gasteiger partial charge is 0.459 e. The van der Waals surface area contributed by atoms with Gasteiger partial charge in [0.1, 0.15) is 6.10 Å². The first-order valence-corrected chi connectivity index (χ1v) is 9.67. The van der Waals surface area contributed by atoms with Crippen LogP contribution in [0.4, 0.5) is 0 Å². The second-order valence-electron chi connectivity index (χ2n) is 8.15. The fourth-order valence-electron chi connectivity index (χ4n) is 4.58. The van der Waals surface area contributed by atoms with Gasteiger partial charge in [-0.15, -0.1) is 0 Å². The van der Waals surface area contributed by atoms with Gasteiger partial charge >= 0.3 is 5.97 Å². The molecule has 2 fully saturated rings. The Morgan fingerprint density at radius 1 is 0.957 bits per heavy atom. The Kier molecular flexibility index (Phi) is 6.16. The molecular weight excluding hydrogens is 288 g/mol. The van der Waals surface area contributed by atoms with E-state index in [9.17, 15) is 4.79 Å². The first kappa shape index (κ1) is 18.8. The molecule has 2 aliphatic rings. The molecule has 0 aromatic rings. The second kappa shape index (κ2) is 7.55. The molecule has 1 heterocycles. The Morgan fingerprint density at radius 2 is 1.61 bits per heavy atom. The van der Waals surface area contributed by atoms with E-state index in [1.54, 1.807) is 0 Å². The predicted molar refractivity (Wildman–Crippen MR) is 93.1 cm³/mol. The Morgan fingerprint density at radius 3 is 2.17 bits per heavy atom. The number of carbonyl (C=O) groups is 1. The van der Waals surface area contributed by atoms with E-state index in [0.29, 0.717) is 11.8 Å². The topological polar surface area (TPSA) is 35.5 Å². The highest BCUT2D eigenvalue weighted by Crippen LogP contribution is 2.43. The summed E-state index contributed by atoms with van der Waals surface area (Å²) >= 11 is 0. The summed E-state index contributed by atoms with van der Waals surface area (Å²) in [5.74, 6) is 2.84. The molecule has 1 aliphatic heterocycles. The lowest BCUT2D eigenvalue weighted by atomic mass is 9.66. The molecule has 1 saturated heterocycles. The SMILES string of the molecule is CCC1CC(OC2C(CC)OC(=O)C(C)C2C)C(C)C(C)C1C. The summed E-state index contributed by atoms with van der Waals surface area (Å²) in [6, 6.07) is 0. The lowest BCUT2D eigenvalue weighted by Gasteiger charge is -2.47. The lowest BCUT2D eigenvalue weighted by Crippen LogP contribution is -2.52. The van der Waals surface area contributed by atoms with Crippen molar-refractivity contribution in [3.63, 3.8) is 0 Å². The van der Waals surface area contributed by atoms with Crippen LogP contribution in [0.3, 0.4) is 0 Å². The molecule has 3 heteroatoms. The first-order valence-electron chi connectivity index (χ1n) is 9.67. The summed E-state index contributed by atoms with van der Waals surface area (Å²) < 4.78 is 12.3. The second-order valence-corrected chi connectivity index (χ2v) is 8.15. The molecule has 1 aliphatic carbocycles. The van der Waals surface area contributed by atoms with Crippen molar-refractivity contribution in [3.8, 4) is 0 Å². The Balaban J connectivity index is 2.13. The van der Waals surface area contributed by atoms with E-state index in [0.717, 1.165) is 24.7 Å². The molecule has 134 valence electrons. The van der Waals surface area contributed by atoms with Gasteiger partial charge in [-0.1, -0.05) is 54.9 Å². The average molecular weight is 325 g/mol. The van der Waals surface area contributed by atoms with E-state index in [-0.39, 0.29) is 36.1 Å². The van der Waals surface area contributed by atoms with Crippen molar-refractivity contribution in [2.75, 3.05) is 0 Å². The van der Waals surface area contributed by atoms with E-state index >= 15 is 0 Å². The molecule has 3 nitrogen and oxygen atoms in total. The Bertz CT molecular complexity index is 404. The summed E-state index contributed by atoms with van der Waals surface area (Å²) in [5, 5.41) is 0. The lowest BCUT2D eigenvalue weighted by molar-refractivity contribution is -0.203. The van der Waals surface area contributed by atoms with Gasteiger partial charge in [0.2, 0.25) is 0 Å². The van der Waals surface area contributed by atoms with Crippen LogP contribution in [0.2, 0.25) is 0 Å². The molecule has 23 heavy (non-hydrogen) atoms. The highest BCUT2D eigenvalue weighted by Gasteiger charge is 2.45. The highest BCUT2D eigenvalue weighted by atomic mass is 16.6. The van der Waals surface area contributed by atoms with Crippen LogP contribution in [0, 0.1) is 35.5 Å².